The molecule has 8 heteroatoms. The Labute approximate surface area is 170 Å². The number of nitro groups is 1. The molecule has 3 aromatic rings. The third-order valence-electron chi connectivity index (χ3n) is 4.90. The maximum atomic E-state index is 11.8. The molecule has 0 saturated carbocycles. The molecular formula is C21H27N5O3. The van der Waals surface area contributed by atoms with Gasteiger partial charge in [0.2, 0.25) is 5.52 Å². The number of rotatable bonds is 11. The number of anilines is 2. The lowest BCUT2D eigenvalue weighted by Gasteiger charge is -2.25. The molecule has 0 aliphatic carbocycles. The minimum Gasteiger partial charge on any atom is -0.375 e. The van der Waals surface area contributed by atoms with Crippen molar-refractivity contribution in [1.29, 1.82) is 0 Å². The number of unbranched alkanes of at least 4 members (excludes halogenated alkanes) is 2. The monoisotopic (exact) mass is 397 g/mol. The van der Waals surface area contributed by atoms with E-state index in [1.165, 1.54) is 0 Å². The van der Waals surface area contributed by atoms with Crippen molar-refractivity contribution < 1.29 is 9.55 Å². The molecule has 0 aliphatic rings. The van der Waals surface area contributed by atoms with E-state index in [2.05, 4.69) is 34.4 Å². The largest absolute Gasteiger partial charge is 0.375 e. The Morgan fingerprint density at radius 2 is 1.72 bits per heavy atom. The Kier molecular flexibility index (Phi) is 6.99. The van der Waals surface area contributed by atoms with Crippen molar-refractivity contribution in [3.63, 3.8) is 0 Å². The number of hydrogen-bond donors (Lipinski definition) is 1. The Balaban J connectivity index is 2.03. The van der Waals surface area contributed by atoms with E-state index in [1.54, 1.807) is 0 Å². The van der Waals surface area contributed by atoms with E-state index in [0.717, 1.165) is 50.0 Å². The highest BCUT2D eigenvalue weighted by Crippen LogP contribution is 2.38. The summed E-state index contributed by atoms with van der Waals surface area (Å²) in [7, 11) is 0. The molecule has 0 radical (unpaired) electrons. The fraction of sp³-hybridized carbons (Fsp3) is 0.429. The number of benzene rings is 2. The predicted molar refractivity (Wildman–Crippen MR) is 114 cm³/mol. The lowest BCUT2D eigenvalue weighted by atomic mass is 10.1. The van der Waals surface area contributed by atoms with Crippen LogP contribution in [0.4, 0.5) is 17.1 Å². The average molecular weight is 397 g/mol. The van der Waals surface area contributed by atoms with Crippen LogP contribution in [0, 0.1) is 10.1 Å². The first-order chi connectivity index (χ1) is 14.2. The van der Waals surface area contributed by atoms with Crippen molar-refractivity contribution >= 4 is 28.1 Å². The Hall–Kier alpha value is -3.16. The van der Waals surface area contributed by atoms with E-state index in [1.807, 2.05) is 36.4 Å². The molecule has 0 fully saturated rings. The molecule has 0 bridgehead atoms. The van der Waals surface area contributed by atoms with Crippen LogP contribution in [0.3, 0.4) is 0 Å². The van der Waals surface area contributed by atoms with Gasteiger partial charge >= 0.3 is 5.69 Å². The SMILES string of the molecule is CCCCN(CCCC)c1cc(NCc2ccccc2)c([N+](=O)[O-])c2nonc12. The minimum atomic E-state index is -0.425. The molecule has 3 rings (SSSR count). The van der Waals surface area contributed by atoms with Crippen molar-refractivity contribution in [2.24, 2.45) is 0 Å². The Bertz CT molecular complexity index is 934. The molecule has 154 valence electrons. The summed E-state index contributed by atoms with van der Waals surface area (Å²) in [6.45, 7) is 6.48. The normalized spacial score (nSPS) is 11.0. The maximum Gasteiger partial charge on any atom is 0.323 e. The third-order valence-corrected chi connectivity index (χ3v) is 4.90. The first-order valence-electron chi connectivity index (χ1n) is 10.1. The van der Waals surface area contributed by atoms with Gasteiger partial charge < -0.3 is 10.2 Å². The number of aromatic nitrogens is 2. The fourth-order valence-electron chi connectivity index (χ4n) is 3.32. The van der Waals surface area contributed by atoms with Crippen molar-refractivity contribution in [3.05, 3.63) is 52.1 Å². The van der Waals surface area contributed by atoms with Crippen LogP contribution in [-0.4, -0.2) is 28.3 Å². The number of hydrogen-bond acceptors (Lipinski definition) is 7. The first-order valence-corrected chi connectivity index (χ1v) is 10.1. The van der Waals surface area contributed by atoms with Gasteiger partial charge in [-0.1, -0.05) is 57.0 Å². The minimum absolute atomic E-state index is 0.105. The van der Waals surface area contributed by atoms with Crippen LogP contribution in [0.2, 0.25) is 0 Å². The zero-order valence-corrected chi connectivity index (χ0v) is 16.9. The molecule has 1 aromatic heterocycles. The molecule has 0 aliphatic heterocycles. The molecule has 8 nitrogen and oxygen atoms in total. The van der Waals surface area contributed by atoms with Crippen molar-refractivity contribution in [2.45, 2.75) is 46.1 Å². The summed E-state index contributed by atoms with van der Waals surface area (Å²) in [5.41, 5.74) is 2.80. The third kappa shape index (κ3) is 4.82. The van der Waals surface area contributed by atoms with Crippen molar-refractivity contribution in [3.8, 4) is 0 Å². The van der Waals surface area contributed by atoms with Gasteiger partial charge in [-0.05, 0) is 34.8 Å². The number of nitrogens with one attached hydrogen (secondary N) is 1. The fourth-order valence-corrected chi connectivity index (χ4v) is 3.32. The van der Waals surface area contributed by atoms with Crippen LogP contribution in [-0.2, 0) is 6.54 Å². The average Bonchev–Trinajstić information content (AvgIpc) is 3.21. The standard InChI is InChI=1S/C21H27N5O3/c1-3-5-12-25(13-6-4-2)18-14-17(22-15-16-10-8-7-9-11-16)21(26(27)28)20-19(18)23-29-24-20/h7-11,14,22H,3-6,12-13,15H2,1-2H3. The lowest BCUT2D eigenvalue weighted by molar-refractivity contribution is -0.382. The number of nitrogens with zero attached hydrogens (tertiary/aromatic N) is 4. The molecule has 2 aromatic carbocycles. The summed E-state index contributed by atoms with van der Waals surface area (Å²) < 4.78 is 4.91. The Morgan fingerprint density at radius 3 is 2.34 bits per heavy atom. The molecular weight excluding hydrogens is 370 g/mol. The van der Waals surface area contributed by atoms with Crippen LogP contribution >= 0.6 is 0 Å². The second kappa shape index (κ2) is 9.86. The van der Waals surface area contributed by atoms with Gasteiger partial charge in [-0.3, -0.25) is 10.1 Å². The smallest absolute Gasteiger partial charge is 0.323 e. The number of fused-ring (bicyclic) bond motifs is 1. The molecule has 0 unspecified atom stereocenters. The second-order valence-electron chi connectivity index (χ2n) is 7.04. The summed E-state index contributed by atoms with van der Waals surface area (Å²) in [6, 6.07) is 11.6. The molecule has 0 amide bonds. The highest BCUT2D eigenvalue weighted by molar-refractivity contribution is 5.99. The van der Waals surface area contributed by atoms with Crippen LogP contribution in [0.25, 0.3) is 11.0 Å². The molecule has 0 atom stereocenters. The zero-order valence-electron chi connectivity index (χ0n) is 16.9. The highest BCUT2D eigenvalue weighted by Gasteiger charge is 2.27. The summed E-state index contributed by atoms with van der Waals surface area (Å²) in [5, 5.41) is 22.9. The van der Waals surface area contributed by atoms with Gasteiger partial charge in [0.1, 0.15) is 5.69 Å². The summed E-state index contributed by atoms with van der Waals surface area (Å²) >= 11 is 0. The first kappa shape index (κ1) is 20.6. The van der Waals surface area contributed by atoms with E-state index in [4.69, 9.17) is 4.63 Å². The zero-order chi connectivity index (χ0) is 20.6. The molecule has 0 saturated heterocycles. The summed E-state index contributed by atoms with van der Waals surface area (Å²) in [5.74, 6) is 0. The molecule has 29 heavy (non-hydrogen) atoms. The van der Waals surface area contributed by atoms with E-state index >= 15 is 0 Å². The van der Waals surface area contributed by atoms with Crippen molar-refractivity contribution in [1.82, 2.24) is 10.3 Å². The van der Waals surface area contributed by atoms with E-state index in [0.29, 0.717) is 17.7 Å². The van der Waals surface area contributed by atoms with Crippen molar-refractivity contribution in [2.75, 3.05) is 23.3 Å². The van der Waals surface area contributed by atoms with Gasteiger partial charge in [0.25, 0.3) is 0 Å². The van der Waals surface area contributed by atoms with E-state index < -0.39 is 4.92 Å². The van der Waals surface area contributed by atoms with Crippen LogP contribution in [0.1, 0.15) is 45.1 Å². The lowest BCUT2D eigenvalue weighted by Crippen LogP contribution is -2.26. The van der Waals surface area contributed by atoms with Gasteiger partial charge in [-0.15, -0.1) is 0 Å². The molecule has 1 N–H and O–H groups in total. The maximum absolute atomic E-state index is 11.8. The van der Waals surface area contributed by atoms with E-state index in [9.17, 15) is 10.1 Å². The topological polar surface area (TPSA) is 97.3 Å². The van der Waals surface area contributed by atoms with E-state index in [-0.39, 0.29) is 11.2 Å². The Morgan fingerprint density at radius 1 is 1.07 bits per heavy atom. The van der Waals surface area contributed by atoms with Gasteiger partial charge in [-0.2, -0.15) is 0 Å². The van der Waals surface area contributed by atoms with Gasteiger partial charge in [0.05, 0.1) is 10.6 Å². The highest BCUT2D eigenvalue weighted by atomic mass is 16.6. The summed E-state index contributed by atoms with van der Waals surface area (Å²) in [4.78, 5) is 13.6. The predicted octanol–water partition coefficient (Wildman–Crippen LogP) is 5.15. The second-order valence-corrected chi connectivity index (χ2v) is 7.04. The van der Waals surface area contributed by atoms with Crippen LogP contribution in [0.5, 0.6) is 0 Å². The van der Waals surface area contributed by atoms with Crippen LogP contribution < -0.4 is 10.2 Å². The van der Waals surface area contributed by atoms with Gasteiger partial charge in [0, 0.05) is 19.6 Å². The quantitative estimate of drug-likeness (QED) is 0.353. The number of nitro benzene ring substituents is 1. The van der Waals surface area contributed by atoms with Gasteiger partial charge in [0.15, 0.2) is 5.52 Å². The summed E-state index contributed by atoms with van der Waals surface area (Å²) in [6.07, 6.45) is 4.18. The molecule has 1 heterocycles. The van der Waals surface area contributed by atoms with Crippen LogP contribution in [0.15, 0.2) is 41.0 Å². The molecule has 0 spiro atoms. The van der Waals surface area contributed by atoms with Gasteiger partial charge in [-0.25, -0.2) is 4.63 Å².